The molecule has 0 radical (unpaired) electrons. The lowest BCUT2D eigenvalue weighted by Gasteiger charge is -2.28. The molecule has 0 saturated carbocycles. The topological polar surface area (TPSA) is 79.3 Å². The number of rotatable bonds is 7. The van der Waals surface area contributed by atoms with Crippen molar-refractivity contribution in [1.29, 1.82) is 0 Å². The predicted molar refractivity (Wildman–Crippen MR) is 129 cm³/mol. The third-order valence-corrected chi connectivity index (χ3v) is 7.55. The lowest BCUT2D eigenvalue weighted by atomic mass is 10.0. The Morgan fingerprint density at radius 2 is 1.94 bits per heavy atom. The van der Waals surface area contributed by atoms with E-state index in [9.17, 15) is 9.90 Å². The fraction of sp³-hybridized carbons (Fsp3) is 0.174. The van der Waals surface area contributed by atoms with Gasteiger partial charge in [-0.25, -0.2) is 4.68 Å². The van der Waals surface area contributed by atoms with E-state index in [0.717, 1.165) is 28.6 Å². The van der Waals surface area contributed by atoms with Crippen molar-refractivity contribution in [2.45, 2.75) is 21.9 Å². The summed E-state index contributed by atoms with van der Waals surface area (Å²) < 4.78 is 6.74. The van der Waals surface area contributed by atoms with E-state index in [2.05, 4.69) is 10.4 Å². The van der Waals surface area contributed by atoms with Gasteiger partial charge in [-0.3, -0.25) is 9.89 Å². The summed E-state index contributed by atoms with van der Waals surface area (Å²) in [6.07, 6.45) is 0. The fourth-order valence-electron chi connectivity index (χ4n) is 3.58. The highest BCUT2D eigenvalue weighted by molar-refractivity contribution is 7.99. The highest BCUT2D eigenvalue weighted by atomic mass is 35.5. The van der Waals surface area contributed by atoms with Gasteiger partial charge in [-0.2, -0.15) is 11.3 Å². The van der Waals surface area contributed by atoms with Gasteiger partial charge in [-0.1, -0.05) is 47.6 Å². The minimum Gasteiger partial charge on any atom is -0.493 e. The zero-order valence-electron chi connectivity index (χ0n) is 16.8. The second kappa shape index (κ2) is 9.07. The number of anilines is 1. The van der Waals surface area contributed by atoms with E-state index in [1.54, 1.807) is 17.4 Å². The molecule has 2 aromatic carbocycles. The first-order chi connectivity index (χ1) is 15.6. The molecule has 4 aromatic rings. The molecule has 1 saturated heterocycles. The van der Waals surface area contributed by atoms with Crippen LogP contribution in [0, 0.1) is 0 Å². The average Bonchev–Trinajstić information content (AvgIpc) is 3.38. The Bertz CT molecular complexity index is 1260. The Balaban J connectivity index is 1.50. The van der Waals surface area contributed by atoms with E-state index in [0.29, 0.717) is 29.2 Å². The summed E-state index contributed by atoms with van der Waals surface area (Å²) in [6, 6.07) is 17.2. The number of nitrogens with one attached hydrogen (secondary N) is 2. The summed E-state index contributed by atoms with van der Waals surface area (Å²) >= 11 is 8.97. The number of hydrogen-bond acceptors (Lipinski definition) is 6. The van der Waals surface area contributed by atoms with Gasteiger partial charge in [0.25, 0.3) is 5.56 Å². The molecule has 6 nitrogen and oxygen atoms in total. The lowest BCUT2D eigenvalue weighted by molar-refractivity contribution is 0.0211. The number of thiophene rings is 1. The van der Waals surface area contributed by atoms with Crippen LogP contribution in [0.15, 0.2) is 79.9 Å². The second-order valence-corrected chi connectivity index (χ2v) is 9.70. The normalized spacial score (nSPS) is 14.8. The summed E-state index contributed by atoms with van der Waals surface area (Å²) in [4.78, 5) is 13.7. The molecule has 1 unspecified atom stereocenters. The molecule has 0 aliphatic carbocycles. The zero-order valence-corrected chi connectivity index (χ0v) is 19.2. The van der Waals surface area contributed by atoms with Gasteiger partial charge in [0.2, 0.25) is 5.88 Å². The molecule has 5 rings (SSSR count). The number of H-pyrrole nitrogens is 1. The van der Waals surface area contributed by atoms with Crippen molar-refractivity contribution >= 4 is 40.4 Å². The van der Waals surface area contributed by atoms with Gasteiger partial charge < -0.3 is 15.2 Å². The number of aromatic amines is 1. The van der Waals surface area contributed by atoms with Crippen LogP contribution >= 0.6 is 34.7 Å². The first kappa shape index (κ1) is 21.2. The van der Waals surface area contributed by atoms with Gasteiger partial charge in [0, 0.05) is 10.6 Å². The molecule has 1 aliphatic heterocycles. The number of benzene rings is 2. The predicted octanol–water partition coefficient (Wildman–Crippen LogP) is 5.20. The number of halogens is 1. The first-order valence-corrected chi connectivity index (χ1v) is 12.2. The maximum Gasteiger partial charge on any atom is 0.282 e. The Morgan fingerprint density at radius 3 is 2.59 bits per heavy atom. The highest BCUT2D eigenvalue weighted by Gasteiger charge is 2.25. The molecule has 1 atom stereocenters. The minimum absolute atomic E-state index is 0.120. The maximum atomic E-state index is 12.8. The van der Waals surface area contributed by atoms with Gasteiger partial charge in [0.05, 0.1) is 24.3 Å². The van der Waals surface area contributed by atoms with Crippen LogP contribution in [-0.4, -0.2) is 34.1 Å². The van der Waals surface area contributed by atoms with E-state index < -0.39 is 0 Å². The Morgan fingerprint density at radius 1 is 1.16 bits per heavy atom. The van der Waals surface area contributed by atoms with E-state index in [1.165, 1.54) is 4.68 Å². The van der Waals surface area contributed by atoms with Crippen molar-refractivity contribution < 1.29 is 9.84 Å². The van der Waals surface area contributed by atoms with Crippen LogP contribution in [0.5, 0.6) is 5.88 Å². The molecule has 0 amide bonds. The summed E-state index contributed by atoms with van der Waals surface area (Å²) in [5.74, 6) is -0.120. The molecule has 32 heavy (non-hydrogen) atoms. The molecule has 3 N–H and O–H groups in total. The number of aromatic hydroxyl groups is 1. The van der Waals surface area contributed by atoms with Crippen molar-refractivity contribution in [2.75, 3.05) is 18.5 Å². The number of ether oxygens (including phenoxy) is 1. The second-order valence-electron chi connectivity index (χ2n) is 7.46. The van der Waals surface area contributed by atoms with E-state index >= 15 is 0 Å². The van der Waals surface area contributed by atoms with Crippen molar-refractivity contribution in [2.24, 2.45) is 0 Å². The molecule has 1 aliphatic rings. The summed E-state index contributed by atoms with van der Waals surface area (Å²) in [5, 5.41) is 21.8. The van der Waals surface area contributed by atoms with E-state index in [4.69, 9.17) is 16.3 Å². The molecule has 0 spiro atoms. The Kier molecular flexibility index (Phi) is 6.01. The van der Waals surface area contributed by atoms with Gasteiger partial charge in [-0.15, -0.1) is 0 Å². The standard InChI is InChI=1S/C23H20ClN3O3S2/c24-18-3-1-2-4-19(18)32-21-22(28)26-27(23(21)29)20(15-9-10-31-13-15)14-5-7-16(8-6-14)25-17-11-30-12-17/h1-10,13,17,20,25,29H,11-12H2,(H,26,28). The van der Waals surface area contributed by atoms with Crippen LogP contribution < -0.4 is 10.9 Å². The molecule has 2 aromatic heterocycles. The zero-order chi connectivity index (χ0) is 22.1. The molecule has 1 fully saturated rings. The van der Waals surface area contributed by atoms with Crippen LogP contribution in [0.1, 0.15) is 17.2 Å². The fourth-order valence-corrected chi connectivity index (χ4v) is 5.37. The Hall–Kier alpha value is -2.65. The van der Waals surface area contributed by atoms with Gasteiger partial charge >= 0.3 is 0 Å². The number of aromatic nitrogens is 2. The van der Waals surface area contributed by atoms with Crippen LogP contribution in [0.3, 0.4) is 0 Å². The maximum absolute atomic E-state index is 12.8. The number of hydrogen-bond donors (Lipinski definition) is 3. The minimum atomic E-state index is -0.379. The van der Waals surface area contributed by atoms with Crippen LogP contribution in [0.2, 0.25) is 5.02 Å². The van der Waals surface area contributed by atoms with Crippen molar-refractivity contribution in [3.05, 3.63) is 91.9 Å². The summed E-state index contributed by atoms with van der Waals surface area (Å²) in [7, 11) is 0. The van der Waals surface area contributed by atoms with Crippen LogP contribution in [0.4, 0.5) is 5.69 Å². The largest absolute Gasteiger partial charge is 0.493 e. The number of nitrogens with zero attached hydrogens (tertiary/aromatic N) is 1. The summed E-state index contributed by atoms with van der Waals surface area (Å²) in [5.41, 5.74) is 2.55. The molecule has 164 valence electrons. The smallest absolute Gasteiger partial charge is 0.282 e. The lowest BCUT2D eigenvalue weighted by Crippen LogP contribution is -2.40. The van der Waals surface area contributed by atoms with E-state index in [-0.39, 0.29) is 22.4 Å². The molecule has 0 bridgehead atoms. The quantitative estimate of drug-likeness (QED) is 0.335. The van der Waals surface area contributed by atoms with Crippen molar-refractivity contribution in [3.63, 3.8) is 0 Å². The van der Waals surface area contributed by atoms with Crippen molar-refractivity contribution in [1.82, 2.24) is 9.78 Å². The molecular formula is C23H20ClN3O3S2. The third-order valence-electron chi connectivity index (χ3n) is 5.26. The van der Waals surface area contributed by atoms with Crippen molar-refractivity contribution in [3.8, 4) is 5.88 Å². The summed E-state index contributed by atoms with van der Waals surface area (Å²) in [6.45, 7) is 1.42. The monoisotopic (exact) mass is 485 g/mol. The van der Waals surface area contributed by atoms with E-state index in [1.807, 2.05) is 59.3 Å². The van der Waals surface area contributed by atoms with Gasteiger partial charge in [0.1, 0.15) is 10.9 Å². The van der Waals surface area contributed by atoms with Crippen LogP contribution in [0.25, 0.3) is 0 Å². The first-order valence-electron chi connectivity index (χ1n) is 10.0. The van der Waals surface area contributed by atoms with Crippen LogP contribution in [-0.2, 0) is 4.74 Å². The van der Waals surface area contributed by atoms with Gasteiger partial charge in [-0.05, 0) is 52.2 Å². The van der Waals surface area contributed by atoms with Gasteiger partial charge in [0.15, 0.2) is 0 Å². The Labute approximate surface area is 197 Å². The molecular weight excluding hydrogens is 466 g/mol. The highest BCUT2D eigenvalue weighted by Crippen LogP contribution is 2.39. The SMILES string of the molecule is O=c1[nH]n(C(c2ccc(NC3COC3)cc2)c2ccsc2)c(O)c1Sc1ccccc1Cl. The molecule has 9 heteroatoms. The molecule has 3 heterocycles. The third kappa shape index (κ3) is 4.19. The average molecular weight is 486 g/mol.